The predicted molar refractivity (Wildman–Crippen MR) is 70.5 cm³/mol. The Kier molecular flexibility index (Phi) is 3.21. The normalized spacial score (nSPS) is 11.8. The molecule has 0 aliphatic carbocycles. The van der Waals surface area contributed by atoms with Gasteiger partial charge in [0.25, 0.3) is 10.0 Å². The summed E-state index contributed by atoms with van der Waals surface area (Å²) in [5.74, 6) is 0. The minimum atomic E-state index is -3.64. The monoisotopic (exact) mass is 284 g/mol. The number of aromatic nitrogens is 2. The SMILES string of the molecule is Cc1nn(S(=O)(=O)c2ccc(Cl)cc2)c(C)c1C. The van der Waals surface area contributed by atoms with Crippen molar-refractivity contribution in [3.8, 4) is 0 Å². The highest BCUT2D eigenvalue weighted by Gasteiger charge is 2.21. The quantitative estimate of drug-likeness (QED) is 0.852. The molecule has 0 radical (unpaired) electrons. The van der Waals surface area contributed by atoms with Crippen molar-refractivity contribution in [1.29, 1.82) is 0 Å². The van der Waals surface area contributed by atoms with E-state index in [0.717, 1.165) is 9.65 Å². The predicted octanol–water partition coefficient (Wildman–Crippen LogP) is 2.70. The molecule has 0 bridgehead atoms. The van der Waals surface area contributed by atoms with E-state index in [1.54, 1.807) is 26.0 Å². The van der Waals surface area contributed by atoms with E-state index in [2.05, 4.69) is 5.10 Å². The summed E-state index contributed by atoms with van der Waals surface area (Å²) in [5, 5.41) is 4.57. The van der Waals surface area contributed by atoms with Crippen LogP contribution in [0.5, 0.6) is 0 Å². The summed E-state index contributed by atoms with van der Waals surface area (Å²) >= 11 is 5.75. The lowest BCUT2D eigenvalue weighted by Gasteiger charge is -2.06. The molecule has 1 heterocycles. The smallest absolute Gasteiger partial charge is 0.199 e. The molecule has 0 aliphatic rings. The molecule has 96 valence electrons. The number of benzene rings is 1. The highest BCUT2D eigenvalue weighted by molar-refractivity contribution is 7.89. The van der Waals surface area contributed by atoms with Crippen molar-refractivity contribution in [2.45, 2.75) is 25.7 Å². The Morgan fingerprint density at radius 3 is 2.11 bits per heavy atom. The molecule has 0 aliphatic heterocycles. The molecule has 4 nitrogen and oxygen atoms in total. The van der Waals surface area contributed by atoms with E-state index in [4.69, 9.17) is 11.6 Å². The molecule has 2 aromatic rings. The van der Waals surface area contributed by atoms with E-state index in [9.17, 15) is 8.42 Å². The topological polar surface area (TPSA) is 52.0 Å². The van der Waals surface area contributed by atoms with Crippen molar-refractivity contribution in [3.63, 3.8) is 0 Å². The molecule has 0 saturated heterocycles. The second-order valence-corrected chi connectivity index (χ2v) is 6.30. The van der Waals surface area contributed by atoms with Gasteiger partial charge < -0.3 is 0 Å². The minimum absolute atomic E-state index is 0.178. The van der Waals surface area contributed by atoms with Gasteiger partial charge in [0.2, 0.25) is 0 Å². The third-order valence-electron chi connectivity index (χ3n) is 2.95. The summed E-state index contributed by atoms with van der Waals surface area (Å²) < 4.78 is 25.8. The minimum Gasteiger partial charge on any atom is -0.199 e. The van der Waals surface area contributed by atoms with E-state index >= 15 is 0 Å². The molecule has 0 amide bonds. The van der Waals surface area contributed by atoms with Crippen LogP contribution in [0, 0.1) is 20.8 Å². The Bertz CT molecular complexity index is 688. The van der Waals surface area contributed by atoms with Crippen LogP contribution in [0.3, 0.4) is 0 Å². The number of rotatable bonds is 2. The van der Waals surface area contributed by atoms with Crippen LogP contribution in [0.2, 0.25) is 5.02 Å². The van der Waals surface area contributed by atoms with Crippen LogP contribution >= 0.6 is 11.6 Å². The molecule has 0 saturated carbocycles. The Hall–Kier alpha value is -1.33. The standard InChI is InChI=1S/C12H13ClN2O2S/c1-8-9(2)14-15(10(8)3)18(16,17)12-6-4-11(13)5-7-12/h4-7H,1-3H3. The number of aryl methyl sites for hydroxylation is 1. The van der Waals surface area contributed by atoms with Gasteiger partial charge >= 0.3 is 0 Å². The molecule has 1 aromatic heterocycles. The fraction of sp³-hybridized carbons (Fsp3) is 0.250. The Morgan fingerprint density at radius 2 is 1.67 bits per heavy atom. The van der Waals surface area contributed by atoms with Gasteiger partial charge in [0, 0.05) is 5.02 Å². The summed E-state index contributed by atoms with van der Waals surface area (Å²) in [6, 6.07) is 6.05. The first-order valence-electron chi connectivity index (χ1n) is 5.38. The molecule has 0 fully saturated rings. The Balaban J connectivity index is 2.61. The lowest BCUT2D eigenvalue weighted by molar-refractivity contribution is 0.577. The van der Waals surface area contributed by atoms with Crippen molar-refractivity contribution < 1.29 is 8.42 Å². The molecular weight excluding hydrogens is 272 g/mol. The molecule has 6 heteroatoms. The first kappa shape index (κ1) is 13.1. The zero-order valence-electron chi connectivity index (χ0n) is 10.3. The van der Waals surface area contributed by atoms with Crippen molar-refractivity contribution in [1.82, 2.24) is 9.19 Å². The van der Waals surface area contributed by atoms with Crippen LogP contribution in [-0.4, -0.2) is 17.6 Å². The molecule has 18 heavy (non-hydrogen) atoms. The van der Waals surface area contributed by atoms with Gasteiger partial charge in [-0.15, -0.1) is 0 Å². The molecule has 2 rings (SSSR count). The number of hydrogen-bond donors (Lipinski definition) is 0. The second kappa shape index (κ2) is 4.40. The van der Waals surface area contributed by atoms with Crippen LogP contribution in [0.4, 0.5) is 0 Å². The molecule has 0 spiro atoms. The van der Waals surface area contributed by atoms with Crippen LogP contribution < -0.4 is 0 Å². The van der Waals surface area contributed by atoms with E-state index in [1.807, 2.05) is 6.92 Å². The Labute approximate surface area is 111 Å². The van der Waals surface area contributed by atoms with E-state index in [-0.39, 0.29) is 4.90 Å². The lowest BCUT2D eigenvalue weighted by atomic mass is 10.2. The highest BCUT2D eigenvalue weighted by Crippen LogP contribution is 2.20. The lowest BCUT2D eigenvalue weighted by Crippen LogP contribution is -2.16. The fourth-order valence-corrected chi connectivity index (χ4v) is 3.17. The zero-order chi connectivity index (χ0) is 13.5. The summed E-state index contributed by atoms with van der Waals surface area (Å²) in [5.41, 5.74) is 2.22. The number of halogens is 1. The fourth-order valence-electron chi connectivity index (χ4n) is 1.63. The third-order valence-corrected chi connectivity index (χ3v) is 4.88. The van der Waals surface area contributed by atoms with Crippen LogP contribution in [0.15, 0.2) is 29.2 Å². The summed E-state index contributed by atoms with van der Waals surface area (Å²) in [7, 11) is -3.64. The summed E-state index contributed by atoms with van der Waals surface area (Å²) in [4.78, 5) is 0.178. The number of hydrogen-bond acceptors (Lipinski definition) is 3. The van der Waals surface area contributed by atoms with Gasteiger partial charge in [-0.2, -0.15) is 17.6 Å². The molecule has 1 aromatic carbocycles. The van der Waals surface area contributed by atoms with Gasteiger partial charge in [0.05, 0.1) is 16.3 Å². The third kappa shape index (κ3) is 2.04. The highest BCUT2D eigenvalue weighted by atomic mass is 35.5. The largest absolute Gasteiger partial charge is 0.283 e. The molecule has 0 N–H and O–H groups in total. The summed E-state index contributed by atoms with van der Waals surface area (Å²) in [6.07, 6.45) is 0. The van der Waals surface area contributed by atoms with Gasteiger partial charge in [-0.3, -0.25) is 0 Å². The van der Waals surface area contributed by atoms with Gasteiger partial charge in [-0.25, -0.2) is 0 Å². The first-order chi connectivity index (χ1) is 8.34. The van der Waals surface area contributed by atoms with E-state index in [1.165, 1.54) is 12.1 Å². The second-order valence-electron chi connectivity index (χ2n) is 4.10. The van der Waals surface area contributed by atoms with Gasteiger partial charge in [-0.1, -0.05) is 11.6 Å². The van der Waals surface area contributed by atoms with Gasteiger partial charge in [-0.05, 0) is 50.6 Å². The van der Waals surface area contributed by atoms with Gasteiger partial charge in [0.15, 0.2) is 0 Å². The van der Waals surface area contributed by atoms with Crippen molar-refractivity contribution in [3.05, 3.63) is 46.2 Å². The zero-order valence-corrected chi connectivity index (χ0v) is 11.9. The summed E-state index contributed by atoms with van der Waals surface area (Å²) in [6.45, 7) is 5.38. The van der Waals surface area contributed by atoms with E-state index < -0.39 is 10.0 Å². The molecular formula is C12H13ClN2O2S. The average molecular weight is 285 g/mol. The van der Waals surface area contributed by atoms with Crippen LogP contribution in [0.1, 0.15) is 17.0 Å². The molecule has 0 unspecified atom stereocenters. The maximum Gasteiger partial charge on any atom is 0.283 e. The van der Waals surface area contributed by atoms with Crippen LogP contribution in [-0.2, 0) is 10.0 Å². The average Bonchev–Trinajstić information content (AvgIpc) is 2.58. The maximum absolute atomic E-state index is 12.4. The van der Waals surface area contributed by atoms with Crippen molar-refractivity contribution in [2.75, 3.05) is 0 Å². The number of nitrogens with zero attached hydrogens (tertiary/aromatic N) is 2. The first-order valence-corrected chi connectivity index (χ1v) is 7.20. The Morgan fingerprint density at radius 1 is 1.11 bits per heavy atom. The maximum atomic E-state index is 12.4. The van der Waals surface area contributed by atoms with Crippen molar-refractivity contribution in [2.24, 2.45) is 0 Å². The van der Waals surface area contributed by atoms with Gasteiger partial charge in [0.1, 0.15) is 0 Å². The van der Waals surface area contributed by atoms with Crippen molar-refractivity contribution >= 4 is 21.6 Å². The molecule has 0 atom stereocenters. The van der Waals surface area contributed by atoms with Crippen LogP contribution in [0.25, 0.3) is 0 Å². The van der Waals surface area contributed by atoms with E-state index in [0.29, 0.717) is 16.4 Å².